The number of ether oxygens (including phenoxy) is 1. The zero-order valence-electron chi connectivity index (χ0n) is 14.3. The zero-order valence-corrected chi connectivity index (χ0v) is 15.1. The number of aromatic nitrogens is 1. The fraction of sp³-hybridized carbons (Fsp3) is 0.211. The first-order valence-electron chi connectivity index (χ1n) is 7.80. The van der Waals surface area contributed by atoms with E-state index in [0.717, 1.165) is 23.0 Å². The Labute approximate surface area is 146 Å². The lowest BCUT2D eigenvalue weighted by molar-refractivity contribution is 0.112. The summed E-state index contributed by atoms with van der Waals surface area (Å²) >= 11 is 0. The van der Waals surface area contributed by atoms with Gasteiger partial charge >= 0.3 is 0 Å². The van der Waals surface area contributed by atoms with Gasteiger partial charge in [-0.1, -0.05) is 23.8 Å². The van der Waals surface area contributed by atoms with Gasteiger partial charge in [0, 0.05) is 24.3 Å². The first-order chi connectivity index (χ1) is 11.9. The molecule has 0 saturated carbocycles. The first-order valence-corrected chi connectivity index (χ1v) is 9.24. The van der Waals surface area contributed by atoms with Crippen LogP contribution in [-0.2, 0) is 21.4 Å². The van der Waals surface area contributed by atoms with Gasteiger partial charge in [0.2, 0.25) is 0 Å². The molecule has 25 heavy (non-hydrogen) atoms. The summed E-state index contributed by atoms with van der Waals surface area (Å²) in [6.07, 6.45) is 2.25. The van der Waals surface area contributed by atoms with Crippen molar-refractivity contribution in [1.82, 2.24) is 3.97 Å². The largest absolute Gasteiger partial charge is 0.380 e. The number of nitrogens with zero attached hydrogens (tertiary/aromatic N) is 1. The van der Waals surface area contributed by atoms with Crippen molar-refractivity contribution in [2.24, 2.45) is 0 Å². The third-order valence-electron chi connectivity index (χ3n) is 4.25. The summed E-state index contributed by atoms with van der Waals surface area (Å²) in [5.74, 6) is 0. The van der Waals surface area contributed by atoms with Gasteiger partial charge in [-0.05, 0) is 43.2 Å². The van der Waals surface area contributed by atoms with Gasteiger partial charge in [0.15, 0.2) is 6.29 Å². The molecule has 0 aliphatic heterocycles. The summed E-state index contributed by atoms with van der Waals surface area (Å²) < 4.78 is 32.5. The number of rotatable bonds is 5. The van der Waals surface area contributed by atoms with Crippen LogP contribution in [0.1, 0.15) is 27.0 Å². The SMILES string of the molecule is COCc1cc(C)c2c(ccn2S(=O)(=O)c2ccc(C)cc2)c1C=O. The van der Waals surface area contributed by atoms with Crippen LogP contribution >= 0.6 is 0 Å². The normalized spacial score (nSPS) is 11.8. The Hall–Kier alpha value is -2.44. The van der Waals surface area contributed by atoms with Crippen molar-refractivity contribution in [3.05, 3.63) is 64.8 Å². The second-order valence-electron chi connectivity index (χ2n) is 6.01. The van der Waals surface area contributed by atoms with Gasteiger partial charge in [0.1, 0.15) is 0 Å². The number of hydrogen-bond donors (Lipinski definition) is 0. The topological polar surface area (TPSA) is 65.4 Å². The van der Waals surface area contributed by atoms with Crippen molar-refractivity contribution in [2.45, 2.75) is 25.3 Å². The highest BCUT2D eigenvalue weighted by molar-refractivity contribution is 7.90. The molecule has 1 heterocycles. The van der Waals surface area contributed by atoms with E-state index in [0.29, 0.717) is 23.1 Å². The molecule has 0 aliphatic rings. The minimum absolute atomic E-state index is 0.212. The predicted octanol–water partition coefficient (Wildman–Crippen LogP) is 3.45. The van der Waals surface area contributed by atoms with Crippen LogP contribution in [0.2, 0.25) is 0 Å². The highest BCUT2D eigenvalue weighted by atomic mass is 32.2. The Kier molecular flexibility index (Phi) is 4.49. The van der Waals surface area contributed by atoms with E-state index in [4.69, 9.17) is 4.74 Å². The molecule has 0 aliphatic carbocycles. The van der Waals surface area contributed by atoms with Gasteiger partial charge < -0.3 is 4.74 Å². The zero-order chi connectivity index (χ0) is 18.2. The molecule has 0 saturated heterocycles. The summed E-state index contributed by atoms with van der Waals surface area (Å²) in [7, 11) is -2.19. The quantitative estimate of drug-likeness (QED) is 0.656. The Morgan fingerprint density at radius 2 is 1.80 bits per heavy atom. The summed E-state index contributed by atoms with van der Waals surface area (Å²) in [5, 5.41) is 0.609. The molecule has 3 rings (SSSR count). The lowest BCUT2D eigenvalue weighted by atomic mass is 10.0. The molecule has 0 atom stereocenters. The molecule has 0 amide bonds. The standard InChI is InChI=1S/C19H19NO4S/c1-13-4-6-16(7-5-13)25(22,23)20-9-8-17-18(11-21)15(12-24-3)10-14(2)19(17)20/h4-11H,12H2,1-3H3. The molecule has 130 valence electrons. The van der Waals surface area contributed by atoms with Crippen molar-refractivity contribution in [2.75, 3.05) is 7.11 Å². The van der Waals surface area contributed by atoms with Crippen LogP contribution in [-0.4, -0.2) is 25.8 Å². The van der Waals surface area contributed by atoms with E-state index in [1.165, 1.54) is 10.2 Å². The number of hydrogen-bond acceptors (Lipinski definition) is 4. The molecule has 2 aromatic carbocycles. The van der Waals surface area contributed by atoms with Crippen LogP contribution in [0.15, 0.2) is 47.5 Å². The molecule has 0 unspecified atom stereocenters. The smallest absolute Gasteiger partial charge is 0.268 e. The lowest BCUT2D eigenvalue weighted by Gasteiger charge is -2.12. The summed E-state index contributed by atoms with van der Waals surface area (Å²) in [6, 6.07) is 10.2. The maximum Gasteiger partial charge on any atom is 0.268 e. The van der Waals surface area contributed by atoms with Crippen molar-refractivity contribution in [3.63, 3.8) is 0 Å². The Balaban J connectivity index is 2.28. The number of aldehydes is 1. The monoisotopic (exact) mass is 357 g/mol. The van der Waals surface area contributed by atoms with Crippen LogP contribution < -0.4 is 0 Å². The van der Waals surface area contributed by atoms with Gasteiger partial charge in [0.25, 0.3) is 10.0 Å². The average molecular weight is 357 g/mol. The molecule has 3 aromatic rings. The van der Waals surface area contributed by atoms with Crippen LogP contribution in [0.3, 0.4) is 0 Å². The second kappa shape index (κ2) is 6.46. The van der Waals surface area contributed by atoms with Crippen LogP contribution in [0.4, 0.5) is 0 Å². The third-order valence-corrected chi connectivity index (χ3v) is 5.94. The lowest BCUT2D eigenvalue weighted by Crippen LogP contribution is -2.12. The number of benzene rings is 2. The summed E-state index contributed by atoms with van der Waals surface area (Å²) in [4.78, 5) is 11.8. The first kappa shape index (κ1) is 17.4. The minimum Gasteiger partial charge on any atom is -0.380 e. The third kappa shape index (κ3) is 2.88. The van der Waals surface area contributed by atoms with Gasteiger partial charge in [0.05, 0.1) is 17.0 Å². The van der Waals surface area contributed by atoms with Crippen molar-refractivity contribution >= 4 is 27.2 Å². The van der Waals surface area contributed by atoms with E-state index in [-0.39, 0.29) is 4.90 Å². The van der Waals surface area contributed by atoms with E-state index < -0.39 is 10.0 Å². The van der Waals surface area contributed by atoms with E-state index in [2.05, 4.69) is 0 Å². The maximum atomic E-state index is 13.0. The van der Waals surface area contributed by atoms with Gasteiger partial charge in [-0.25, -0.2) is 12.4 Å². The Morgan fingerprint density at radius 1 is 1.12 bits per heavy atom. The van der Waals surface area contributed by atoms with E-state index >= 15 is 0 Å². The van der Waals surface area contributed by atoms with Crippen molar-refractivity contribution < 1.29 is 17.9 Å². The summed E-state index contributed by atoms with van der Waals surface area (Å²) in [6.45, 7) is 4.03. The van der Waals surface area contributed by atoms with Crippen molar-refractivity contribution in [1.29, 1.82) is 0 Å². The number of carbonyl (C=O) groups excluding carboxylic acids is 1. The number of carbonyl (C=O) groups is 1. The molecule has 0 radical (unpaired) electrons. The fourth-order valence-corrected chi connectivity index (χ4v) is 4.45. The molecule has 0 N–H and O–H groups in total. The highest BCUT2D eigenvalue weighted by Gasteiger charge is 2.22. The van der Waals surface area contributed by atoms with Gasteiger partial charge in [-0.2, -0.15) is 0 Å². The molecule has 0 fully saturated rings. The molecule has 6 heteroatoms. The summed E-state index contributed by atoms with van der Waals surface area (Å²) in [5.41, 5.74) is 3.48. The number of fused-ring (bicyclic) bond motifs is 1. The second-order valence-corrected chi connectivity index (χ2v) is 7.82. The highest BCUT2D eigenvalue weighted by Crippen LogP contribution is 2.29. The number of aryl methyl sites for hydroxylation is 2. The number of methoxy groups -OCH3 is 1. The van der Waals surface area contributed by atoms with Crippen LogP contribution in [0.5, 0.6) is 0 Å². The molecular weight excluding hydrogens is 338 g/mol. The van der Waals surface area contributed by atoms with Crippen molar-refractivity contribution in [3.8, 4) is 0 Å². The molecule has 5 nitrogen and oxygen atoms in total. The van der Waals surface area contributed by atoms with Gasteiger partial charge in [-0.3, -0.25) is 4.79 Å². The average Bonchev–Trinajstić information content (AvgIpc) is 3.02. The van der Waals surface area contributed by atoms with Crippen LogP contribution in [0, 0.1) is 13.8 Å². The molecule has 0 spiro atoms. The molecule has 0 bridgehead atoms. The molecule has 1 aromatic heterocycles. The fourth-order valence-electron chi connectivity index (χ4n) is 3.04. The Morgan fingerprint density at radius 3 is 2.40 bits per heavy atom. The predicted molar refractivity (Wildman–Crippen MR) is 96.5 cm³/mol. The molecular formula is C19H19NO4S. The van der Waals surface area contributed by atoms with E-state index in [1.54, 1.807) is 43.5 Å². The Bertz CT molecular complexity index is 1050. The van der Waals surface area contributed by atoms with E-state index in [1.807, 2.05) is 13.8 Å². The van der Waals surface area contributed by atoms with Gasteiger partial charge in [-0.15, -0.1) is 0 Å². The minimum atomic E-state index is -3.74. The van der Waals surface area contributed by atoms with Crippen LogP contribution in [0.25, 0.3) is 10.9 Å². The maximum absolute atomic E-state index is 13.0. The van der Waals surface area contributed by atoms with E-state index in [9.17, 15) is 13.2 Å².